The summed E-state index contributed by atoms with van der Waals surface area (Å²) in [6.45, 7) is 2.01. The molecule has 1 nitrogen and oxygen atoms in total. The molecule has 1 heteroatoms. The highest BCUT2D eigenvalue weighted by molar-refractivity contribution is 5.64. The molecule has 2 aromatic rings. The summed E-state index contributed by atoms with van der Waals surface area (Å²) in [5.74, 6) is 0.296. The summed E-state index contributed by atoms with van der Waals surface area (Å²) in [6.07, 6.45) is 0. The minimum absolute atomic E-state index is 0.296. The Morgan fingerprint density at radius 1 is 0.929 bits per heavy atom. The highest BCUT2D eigenvalue weighted by atomic mass is 16.3. The van der Waals surface area contributed by atoms with Crippen molar-refractivity contribution in [2.75, 3.05) is 0 Å². The molecule has 0 saturated heterocycles. The van der Waals surface area contributed by atoms with Gasteiger partial charge < -0.3 is 5.11 Å². The maximum absolute atomic E-state index is 9.14. The van der Waals surface area contributed by atoms with Gasteiger partial charge >= 0.3 is 0 Å². The van der Waals surface area contributed by atoms with Crippen molar-refractivity contribution in [3.8, 4) is 16.9 Å². The molecule has 2 aromatic carbocycles. The molecule has 69 valence electrons. The molecule has 0 amide bonds. The van der Waals surface area contributed by atoms with Crippen LogP contribution in [0, 0.1) is 13.0 Å². The standard InChI is InChI=1S/C13H11O/c1-10-2-4-11(5-3-10)12-6-8-13(14)9-7-12/h2,4-9,14H,1H3. The molecule has 0 fully saturated rings. The lowest BCUT2D eigenvalue weighted by molar-refractivity contribution is 0.475. The van der Waals surface area contributed by atoms with E-state index in [4.69, 9.17) is 5.11 Å². The Balaban J connectivity index is 2.40. The first-order chi connectivity index (χ1) is 6.75. The van der Waals surface area contributed by atoms with Gasteiger partial charge in [0, 0.05) is 0 Å². The van der Waals surface area contributed by atoms with Crippen molar-refractivity contribution >= 4 is 0 Å². The number of aryl methyl sites for hydroxylation is 1. The van der Waals surface area contributed by atoms with E-state index >= 15 is 0 Å². The van der Waals surface area contributed by atoms with Crippen LogP contribution in [0.1, 0.15) is 5.56 Å². The van der Waals surface area contributed by atoms with Crippen molar-refractivity contribution in [1.29, 1.82) is 0 Å². The second-order valence-corrected chi connectivity index (χ2v) is 3.31. The third kappa shape index (κ3) is 1.77. The van der Waals surface area contributed by atoms with Crippen LogP contribution in [0.5, 0.6) is 5.75 Å². The number of hydrogen-bond acceptors (Lipinski definition) is 1. The predicted octanol–water partition coefficient (Wildman–Crippen LogP) is 3.17. The van der Waals surface area contributed by atoms with Gasteiger partial charge in [-0.2, -0.15) is 0 Å². The summed E-state index contributed by atoms with van der Waals surface area (Å²) < 4.78 is 0. The Morgan fingerprint density at radius 3 is 2.14 bits per heavy atom. The van der Waals surface area contributed by atoms with E-state index in [-0.39, 0.29) is 0 Å². The molecule has 0 aliphatic heterocycles. The van der Waals surface area contributed by atoms with Crippen molar-refractivity contribution in [3.05, 3.63) is 54.1 Å². The van der Waals surface area contributed by atoms with Gasteiger partial charge in [-0.3, -0.25) is 0 Å². The molecule has 0 aliphatic rings. The van der Waals surface area contributed by atoms with Crippen LogP contribution >= 0.6 is 0 Å². The van der Waals surface area contributed by atoms with Crippen LogP contribution in [-0.2, 0) is 0 Å². The van der Waals surface area contributed by atoms with Crippen LogP contribution in [0.2, 0.25) is 0 Å². The average Bonchev–Trinajstić information content (AvgIpc) is 2.21. The number of hydrogen-bond donors (Lipinski definition) is 1. The van der Waals surface area contributed by atoms with E-state index in [2.05, 4.69) is 12.1 Å². The number of rotatable bonds is 1. The topological polar surface area (TPSA) is 20.2 Å². The van der Waals surface area contributed by atoms with Crippen LogP contribution in [0.15, 0.2) is 42.5 Å². The monoisotopic (exact) mass is 183 g/mol. The van der Waals surface area contributed by atoms with Gasteiger partial charge in [0.15, 0.2) is 0 Å². The van der Waals surface area contributed by atoms with Crippen LogP contribution in [0.25, 0.3) is 11.1 Å². The fourth-order valence-corrected chi connectivity index (χ4v) is 1.34. The average molecular weight is 183 g/mol. The molecule has 2 rings (SSSR count). The summed E-state index contributed by atoms with van der Waals surface area (Å²) in [7, 11) is 0. The molecule has 0 heterocycles. The summed E-state index contributed by atoms with van der Waals surface area (Å²) in [6, 6.07) is 16.4. The van der Waals surface area contributed by atoms with Gasteiger partial charge in [-0.25, -0.2) is 0 Å². The van der Waals surface area contributed by atoms with Gasteiger partial charge in [-0.15, -0.1) is 0 Å². The van der Waals surface area contributed by atoms with Crippen molar-refractivity contribution in [1.82, 2.24) is 0 Å². The normalized spacial score (nSPS) is 10.1. The molecule has 0 unspecified atom stereocenters. The molecule has 0 atom stereocenters. The van der Waals surface area contributed by atoms with Gasteiger partial charge in [-0.1, -0.05) is 24.3 Å². The van der Waals surface area contributed by atoms with E-state index in [1.807, 2.05) is 31.2 Å². The molecule has 1 N–H and O–H groups in total. The number of phenolic OH excluding ortho intramolecular Hbond substituents is 1. The summed E-state index contributed by atoms with van der Waals surface area (Å²) >= 11 is 0. The molecule has 1 radical (unpaired) electrons. The van der Waals surface area contributed by atoms with Gasteiger partial charge in [0.1, 0.15) is 5.75 Å². The predicted molar refractivity (Wildman–Crippen MR) is 57.1 cm³/mol. The van der Waals surface area contributed by atoms with Crippen LogP contribution in [-0.4, -0.2) is 5.11 Å². The molecular weight excluding hydrogens is 172 g/mol. The molecule has 0 bridgehead atoms. The van der Waals surface area contributed by atoms with Gasteiger partial charge in [0.05, 0.1) is 0 Å². The lowest BCUT2D eigenvalue weighted by atomic mass is 10.0. The highest BCUT2D eigenvalue weighted by Gasteiger charge is 1.96. The highest BCUT2D eigenvalue weighted by Crippen LogP contribution is 2.21. The zero-order valence-electron chi connectivity index (χ0n) is 7.99. The van der Waals surface area contributed by atoms with Gasteiger partial charge in [-0.05, 0) is 47.9 Å². The fourth-order valence-electron chi connectivity index (χ4n) is 1.34. The van der Waals surface area contributed by atoms with Crippen molar-refractivity contribution in [3.63, 3.8) is 0 Å². The molecule has 14 heavy (non-hydrogen) atoms. The molecule has 0 saturated carbocycles. The zero-order valence-corrected chi connectivity index (χ0v) is 7.99. The van der Waals surface area contributed by atoms with Crippen molar-refractivity contribution in [2.24, 2.45) is 0 Å². The summed E-state index contributed by atoms with van der Waals surface area (Å²) in [5.41, 5.74) is 3.35. The Bertz CT molecular complexity index is 368. The quantitative estimate of drug-likeness (QED) is 0.720. The molecule has 0 aromatic heterocycles. The smallest absolute Gasteiger partial charge is 0.115 e. The first-order valence-electron chi connectivity index (χ1n) is 4.53. The summed E-state index contributed by atoms with van der Waals surface area (Å²) in [4.78, 5) is 0. The lowest BCUT2D eigenvalue weighted by Crippen LogP contribution is -1.77. The number of aromatic hydroxyl groups is 1. The lowest BCUT2D eigenvalue weighted by Gasteiger charge is -2.01. The third-order valence-corrected chi connectivity index (χ3v) is 2.17. The Labute approximate surface area is 83.6 Å². The maximum atomic E-state index is 9.14. The van der Waals surface area contributed by atoms with E-state index in [0.29, 0.717) is 5.75 Å². The molecule has 0 aliphatic carbocycles. The first-order valence-corrected chi connectivity index (χ1v) is 4.53. The largest absolute Gasteiger partial charge is 0.508 e. The third-order valence-electron chi connectivity index (χ3n) is 2.17. The minimum atomic E-state index is 0.296. The number of benzene rings is 2. The maximum Gasteiger partial charge on any atom is 0.115 e. The van der Waals surface area contributed by atoms with Gasteiger partial charge in [0.25, 0.3) is 0 Å². The van der Waals surface area contributed by atoms with Crippen molar-refractivity contribution < 1.29 is 5.11 Å². The Morgan fingerprint density at radius 2 is 1.57 bits per heavy atom. The van der Waals surface area contributed by atoms with Gasteiger partial charge in [0.2, 0.25) is 0 Å². The number of phenols is 1. The minimum Gasteiger partial charge on any atom is -0.508 e. The second-order valence-electron chi connectivity index (χ2n) is 3.31. The van der Waals surface area contributed by atoms with E-state index in [1.165, 1.54) is 0 Å². The second kappa shape index (κ2) is 3.54. The Hall–Kier alpha value is -1.76. The first kappa shape index (κ1) is 8.82. The summed E-state index contributed by atoms with van der Waals surface area (Å²) in [5, 5.41) is 9.14. The van der Waals surface area contributed by atoms with E-state index in [9.17, 15) is 0 Å². The Kier molecular flexibility index (Phi) is 2.23. The van der Waals surface area contributed by atoms with E-state index in [1.54, 1.807) is 12.1 Å². The van der Waals surface area contributed by atoms with E-state index in [0.717, 1.165) is 16.7 Å². The van der Waals surface area contributed by atoms with Crippen LogP contribution < -0.4 is 0 Å². The van der Waals surface area contributed by atoms with Crippen LogP contribution in [0.3, 0.4) is 0 Å². The fraction of sp³-hybridized carbons (Fsp3) is 0.0769. The van der Waals surface area contributed by atoms with E-state index < -0.39 is 0 Å². The zero-order chi connectivity index (χ0) is 9.97. The molecular formula is C13H11O. The van der Waals surface area contributed by atoms with Crippen molar-refractivity contribution in [2.45, 2.75) is 6.92 Å². The SMILES string of the molecule is Cc1[c]cc(-c2ccc(O)cc2)cc1. The molecule has 0 spiro atoms. The van der Waals surface area contributed by atoms with Crippen LogP contribution in [0.4, 0.5) is 0 Å².